The Labute approximate surface area is 293 Å². The van der Waals surface area contributed by atoms with E-state index in [1.807, 2.05) is 45.0 Å². The number of allylic oxidation sites excluding steroid dienone is 2. The van der Waals surface area contributed by atoms with Crippen molar-refractivity contribution in [2.45, 2.75) is 50.5 Å². The van der Waals surface area contributed by atoms with Gasteiger partial charge in [-0.2, -0.15) is 5.01 Å². The first-order chi connectivity index (χ1) is 23.8. The van der Waals surface area contributed by atoms with Gasteiger partial charge in [0, 0.05) is 21.9 Å². The van der Waals surface area contributed by atoms with Gasteiger partial charge in [-0.1, -0.05) is 65.7 Å². The van der Waals surface area contributed by atoms with Gasteiger partial charge in [-0.05, 0) is 98.5 Å². The van der Waals surface area contributed by atoms with Crippen molar-refractivity contribution in [1.82, 2.24) is 9.91 Å². The summed E-state index contributed by atoms with van der Waals surface area (Å²) in [7, 11) is 0. The smallest absolute Gasteiger partial charge is 0.260 e. The highest BCUT2D eigenvalue weighted by Crippen LogP contribution is 2.65. The third kappa shape index (κ3) is 4.48. The number of hydrogen-bond acceptors (Lipinski definition) is 6. The number of benzene rings is 4. The van der Waals surface area contributed by atoms with Gasteiger partial charge in [0.05, 0.1) is 28.9 Å². The minimum Gasteiger partial charge on any atom is -0.507 e. The molecule has 1 saturated carbocycles. The van der Waals surface area contributed by atoms with E-state index in [2.05, 4.69) is 5.43 Å². The fraction of sp³-hybridized carbons (Fsp3) is 0.300. The fourth-order valence-corrected chi connectivity index (χ4v) is 9.35. The van der Waals surface area contributed by atoms with Crippen LogP contribution in [0.1, 0.15) is 50.7 Å². The summed E-state index contributed by atoms with van der Waals surface area (Å²) in [6.07, 6.45) is 2.46. The molecule has 2 aliphatic carbocycles. The topological polar surface area (TPSA) is 107 Å². The Balaban J connectivity index is 1.40. The van der Waals surface area contributed by atoms with Crippen molar-refractivity contribution in [1.29, 1.82) is 0 Å². The second-order valence-corrected chi connectivity index (χ2v) is 15.2. The Bertz CT molecular complexity index is 2140. The van der Waals surface area contributed by atoms with Crippen LogP contribution in [0.15, 0.2) is 96.6 Å². The van der Waals surface area contributed by atoms with Crippen LogP contribution in [0.2, 0.25) is 5.02 Å². The summed E-state index contributed by atoms with van der Waals surface area (Å²) in [5, 5.41) is 13.7. The minimum atomic E-state index is -1.51. The average molecular weight is 692 g/mol. The van der Waals surface area contributed by atoms with E-state index in [-0.39, 0.29) is 24.0 Å². The number of nitrogens with zero attached hydrogens (tertiary/aromatic N) is 2. The monoisotopic (exact) mass is 691 g/mol. The Morgan fingerprint density at radius 1 is 0.840 bits per heavy atom. The maximum absolute atomic E-state index is 15.3. The molecule has 10 heteroatoms. The van der Waals surface area contributed by atoms with Crippen molar-refractivity contribution >= 4 is 51.7 Å². The second-order valence-electron chi connectivity index (χ2n) is 14.8. The summed E-state index contributed by atoms with van der Waals surface area (Å²) >= 11 is 6.39. The molecule has 6 unspecified atom stereocenters. The van der Waals surface area contributed by atoms with E-state index >= 15 is 4.79 Å². The van der Waals surface area contributed by atoms with Crippen molar-refractivity contribution in [3.8, 4) is 5.75 Å². The number of phenolic OH excluding ortho intramolecular Hbond substituents is 1. The van der Waals surface area contributed by atoms with Crippen molar-refractivity contribution in [2.24, 2.45) is 23.7 Å². The van der Waals surface area contributed by atoms with Crippen LogP contribution in [0.3, 0.4) is 0 Å². The number of fused-ring (bicyclic) bond motifs is 5. The molecule has 2 N–H and O–H groups in total. The molecule has 254 valence electrons. The van der Waals surface area contributed by atoms with Crippen molar-refractivity contribution in [2.75, 3.05) is 5.43 Å². The Kier molecular flexibility index (Phi) is 7.25. The number of halogens is 2. The van der Waals surface area contributed by atoms with Crippen LogP contribution >= 0.6 is 11.6 Å². The number of hydrogen-bond donors (Lipinski definition) is 2. The van der Waals surface area contributed by atoms with Crippen LogP contribution in [0.4, 0.5) is 10.1 Å². The Morgan fingerprint density at radius 2 is 1.52 bits per heavy atom. The zero-order chi connectivity index (χ0) is 35.3. The molecule has 4 amide bonds. The third-order valence-electron chi connectivity index (χ3n) is 11.2. The highest BCUT2D eigenvalue weighted by atomic mass is 35.5. The molecule has 2 heterocycles. The number of hydrazine groups is 1. The van der Waals surface area contributed by atoms with E-state index in [1.54, 1.807) is 42.5 Å². The Hall–Kier alpha value is -5.02. The number of carbonyl (C=O) groups is 4. The van der Waals surface area contributed by atoms with Gasteiger partial charge in [0.1, 0.15) is 11.6 Å². The molecule has 4 aliphatic rings. The summed E-state index contributed by atoms with van der Waals surface area (Å²) < 4.78 is 13.9. The predicted octanol–water partition coefficient (Wildman–Crippen LogP) is 7.12. The van der Waals surface area contributed by atoms with Gasteiger partial charge >= 0.3 is 0 Å². The van der Waals surface area contributed by atoms with E-state index in [1.165, 1.54) is 29.2 Å². The number of amides is 4. The molecule has 0 bridgehead atoms. The van der Waals surface area contributed by atoms with Gasteiger partial charge in [0.15, 0.2) is 0 Å². The van der Waals surface area contributed by atoms with E-state index in [4.69, 9.17) is 11.6 Å². The summed E-state index contributed by atoms with van der Waals surface area (Å²) in [4.78, 5) is 59.7. The number of aromatic hydroxyl groups is 1. The highest BCUT2D eigenvalue weighted by Gasteiger charge is 2.70. The van der Waals surface area contributed by atoms with Gasteiger partial charge in [0.2, 0.25) is 11.8 Å². The molecule has 8 nitrogen and oxygen atoms in total. The van der Waals surface area contributed by atoms with E-state index in [9.17, 15) is 23.9 Å². The van der Waals surface area contributed by atoms with Crippen LogP contribution in [-0.4, -0.2) is 44.2 Å². The lowest BCUT2D eigenvalue weighted by Crippen LogP contribution is -2.53. The van der Waals surface area contributed by atoms with Gasteiger partial charge in [-0.3, -0.25) is 29.5 Å². The molecule has 0 radical (unpaired) electrons. The Morgan fingerprint density at radius 3 is 2.20 bits per heavy atom. The standard InChI is InChI=1S/C40H35ClFN3O5/c1-39(2,3)44-35(47)29-17-16-28-30(33(29)37(44)49)20-31-36(48)45(43-24-14-12-23(42)13-15-24)38(50)40(31,21-8-10-22(41)11-9-21)34(28)27-18-19-32(46)26-7-5-4-6-25(26)27/h4-16,18-19,29-31,33-34,43,46H,17,20H2,1-3H3. The maximum Gasteiger partial charge on any atom is 0.260 e. The molecule has 0 aromatic heterocycles. The molecular weight excluding hydrogens is 657 g/mol. The lowest BCUT2D eigenvalue weighted by atomic mass is 9.49. The summed E-state index contributed by atoms with van der Waals surface area (Å²) in [5.41, 5.74) is 3.16. The van der Waals surface area contributed by atoms with E-state index < -0.39 is 58.2 Å². The maximum atomic E-state index is 15.3. The molecule has 4 aromatic carbocycles. The third-order valence-corrected chi connectivity index (χ3v) is 11.4. The quantitative estimate of drug-likeness (QED) is 0.174. The summed E-state index contributed by atoms with van der Waals surface area (Å²) in [6.45, 7) is 5.51. The molecule has 8 rings (SSSR count). The lowest BCUT2D eigenvalue weighted by molar-refractivity contribution is -0.146. The number of rotatable bonds is 4. The zero-order valence-electron chi connectivity index (χ0n) is 27.7. The van der Waals surface area contributed by atoms with Crippen LogP contribution in [0, 0.1) is 29.5 Å². The minimum absolute atomic E-state index is 0.0669. The lowest BCUT2D eigenvalue weighted by Gasteiger charge is -2.51. The van der Waals surface area contributed by atoms with Crippen molar-refractivity contribution in [3.63, 3.8) is 0 Å². The molecule has 2 aliphatic heterocycles. The zero-order valence-corrected chi connectivity index (χ0v) is 28.4. The summed E-state index contributed by atoms with van der Waals surface area (Å²) in [5.74, 6) is -5.45. The van der Waals surface area contributed by atoms with Crippen LogP contribution < -0.4 is 5.43 Å². The van der Waals surface area contributed by atoms with Crippen LogP contribution in [0.5, 0.6) is 5.75 Å². The SMILES string of the molecule is CC(C)(C)N1C(=O)C2CC=C3C(CC4C(=O)N(Nc5ccc(F)cc5)C(=O)C4(c4ccc(Cl)cc4)C3c3ccc(O)c4ccccc34)C2C1=O. The molecule has 6 atom stereocenters. The van der Waals surface area contributed by atoms with Crippen molar-refractivity contribution < 1.29 is 28.7 Å². The number of carbonyl (C=O) groups excluding carboxylic acids is 4. The largest absolute Gasteiger partial charge is 0.507 e. The van der Waals surface area contributed by atoms with E-state index in [0.717, 1.165) is 10.6 Å². The first-order valence-electron chi connectivity index (χ1n) is 16.8. The number of nitrogens with one attached hydrogen (secondary N) is 1. The highest BCUT2D eigenvalue weighted by molar-refractivity contribution is 6.30. The first-order valence-corrected chi connectivity index (χ1v) is 17.2. The predicted molar refractivity (Wildman–Crippen MR) is 186 cm³/mol. The van der Waals surface area contributed by atoms with E-state index in [0.29, 0.717) is 39.0 Å². The van der Waals surface area contributed by atoms with Crippen LogP contribution in [0.25, 0.3) is 10.8 Å². The average Bonchev–Trinajstić information content (AvgIpc) is 3.48. The fourth-order valence-electron chi connectivity index (χ4n) is 9.22. The van der Waals surface area contributed by atoms with Crippen molar-refractivity contribution in [3.05, 3.63) is 119 Å². The van der Waals surface area contributed by atoms with Crippen LogP contribution in [-0.2, 0) is 24.6 Å². The molecule has 2 saturated heterocycles. The first kappa shape index (κ1) is 32.2. The molecule has 0 spiro atoms. The molecule has 4 aromatic rings. The van der Waals surface area contributed by atoms with Gasteiger partial charge in [-0.25, -0.2) is 4.39 Å². The number of phenols is 1. The number of anilines is 1. The number of likely N-dealkylation sites (tertiary alicyclic amines) is 1. The van der Waals surface area contributed by atoms with Gasteiger partial charge < -0.3 is 5.11 Å². The second kappa shape index (κ2) is 11.3. The van der Waals surface area contributed by atoms with Gasteiger partial charge in [0.25, 0.3) is 11.8 Å². The normalized spacial score (nSPS) is 27.7. The van der Waals surface area contributed by atoms with Gasteiger partial charge in [-0.15, -0.1) is 0 Å². The molecular formula is C40H35ClFN3O5. The molecule has 50 heavy (non-hydrogen) atoms. The number of imide groups is 2. The molecule has 3 fully saturated rings. The summed E-state index contributed by atoms with van der Waals surface area (Å²) in [6, 6.07) is 23.1.